The van der Waals surface area contributed by atoms with Gasteiger partial charge >= 0.3 is 0 Å². The minimum Gasteiger partial charge on any atom is -0.377 e. The van der Waals surface area contributed by atoms with E-state index < -0.39 is 0 Å². The Bertz CT molecular complexity index is 217. The van der Waals surface area contributed by atoms with Gasteiger partial charge in [-0.15, -0.1) is 0 Å². The molecule has 1 aliphatic heterocycles. The fraction of sp³-hybridized carbons (Fsp3) is 0.833. The van der Waals surface area contributed by atoms with Crippen LogP contribution in [-0.4, -0.2) is 12.7 Å². The second kappa shape index (κ2) is 3.45. The van der Waals surface area contributed by atoms with Crippen molar-refractivity contribution in [2.75, 3.05) is 6.61 Å². The predicted molar refractivity (Wildman–Crippen MR) is 54.5 cm³/mol. The van der Waals surface area contributed by atoms with Gasteiger partial charge in [-0.25, -0.2) is 0 Å². The van der Waals surface area contributed by atoms with Crippen LogP contribution in [0.2, 0.25) is 0 Å². The first-order valence-electron chi connectivity index (χ1n) is 5.46. The zero-order chi connectivity index (χ0) is 9.42. The Kier molecular flexibility index (Phi) is 2.46. The van der Waals surface area contributed by atoms with Crippen LogP contribution >= 0.6 is 0 Å². The predicted octanol–water partition coefficient (Wildman–Crippen LogP) is 3.01. The molecule has 0 saturated carbocycles. The summed E-state index contributed by atoms with van der Waals surface area (Å²) in [5, 5.41) is 0. The lowest BCUT2D eigenvalue weighted by Gasteiger charge is -2.41. The Hall–Kier alpha value is -0.300. The van der Waals surface area contributed by atoms with Gasteiger partial charge in [0.1, 0.15) is 0 Å². The summed E-state index contributed by atoms with van der Waals surface area (Å²) in [6.07, 6.45) is 5.52. The molecule has 1 nitrogen and oxygen atoms in total. The van der Waals surface area contributed by atoms with E-state index in [9.17, 15) is 0 Å². The summed E-state index contributed by atoms with van der Waals surface area (Å²) in [6, 6.07) is 0. The van der Waals surface area contributed by atoms with Gasteiger partial charge < -0.3 is 4.74 Å². The van der Waals surface area contributed by atoms with Crippen molar-refractivity contribution in [2.24, 2.45) is 17.8 Å². The number of ether oxygens (including phenoxy) is 1. The van der Waals surface area contributed by atoms with Crippen LogP contribution < -0.4 is 0 Å². The van der Waals surface area contributed by atoms with Crippen LogP contribution in [0.5, 0.6) is 0 Å². The fourth-order valence-corrected chi connectivity index (χ4v) is 2.69. The van der Waals surface area contributed by atoms with E-state index in [4.69, 9.17) is 4.74 Å². The summed E-state index contributed by atoms with van der Waals surface area (Å²) in [4.78, 5) is 0. The molecule has 1 aliphatic carbocycles. The van der Waals surface area contributed by atoms with Crippen molar-refractivity contribution in [2.45, 2.75) is 39.7 Å². The van der Waals surface area contributed by atoms with E-state index >= 15 is 0 Å². The van der Waals surface area contributed by atoms with Crippen LogP contribution in [0.25, 0.3) is 0 Å². The first kappa shape index (κ1) is 9.26. The molecule has 2 rings (SSSR count). The van der Waals surface area contributed by atoms with Gasteiger partial charge in [0.2, 0.25) is 0 Å². The number of allylic oxidation sites excluding steroid dienone is 1. The van der Waals surface area contributed by atoms with E-state index in [1.165, 1.54) is 12.8 Å². The lowest BCUT2D eigenvalue weighted by Crippen LogP contribution is -2.40. The average Bonchev–Trinajstić information content (AvgIpc) is 2.12. The molecule has 74 valence electrons. The van der Waals surface area contributed by atoms with Gasteiger partial charge in [-0.2, -0.15) is 0 Å². The van der Waals surface area contributed by atoms with Crippen molar-refractivity contribution in [3.8, 4) is 0 Å². The Labute approximate surface area is 81.2 Å². The highest BCUT2D eigenvalue weighted by molar-refractivity contribution is 5.12. The SMILES string of the molecule is CC1=CC[C@@H]2CO[C@H](C(C)C)[C@H]1C2. The molecule has 0 aromatic rings. The molecule has 0 radical (unpaired) electrons. The van der Waals surface area contributed by atoms with E-state index in [1.807, 2.05) is 0 Å². The van der Waals surface area contributed by atoms with Crippen molar-refractivity contribution < 1.29 is 4.74 Å². The van der Waals surface area contributed by atoms with Crippen LogP contribution in [0.15, 0.2) is 11.6 Å². The lowest BCUT2D eigenvalue weighted by molar-refractivity contribution is -0.0716. The normalized spacial score (nSPS) is 39.1. The highest BCUT2D eigenvalue weighted by Crippen LogP contribution is 2.39. The standard InChI is InChI=1S/C12H20O/c1-8(2)12-11-6-10(7-13-12)5-4-9(11)3/h4,8,10-12H,5-7H2,1-3H3/t10-,11-,12+/m0/s1. The maximum Gasteiger partial charge on any atom is 0.0663 e. The Balaban J connectivity index is 2.16. The first-order chi connectivity index (χ1) is 6.18. The zero-order valence-corrected chi connectivity index (χ0v) is 8.92. The van der Waals surface area contributed by atoms with E-state index in [0.717, 1.165) is 12.5 Å². The molecule has 13 heavy (non-hydrogen) atoms. The molecule has 0 aromatic carbocycles. The summed E-state index contributed by atoms with van der Waals surface area (Å²) in [6.45, 7) is 7.80. The molecule has 0 spiro atoms. The monoisotopic (exact) mass is 180 g/mol. The maximum atomic E-state index is 5.94. The molecular formula is C12H20O. The minimum absolute atomic E-state index is 0.479. The summed E-state index contributed by atoms with van der Waals surface area (Å²) >= 11 is 0. The third-order valence-corrected chi connectivity index (χ3v) is 3.52. The zero-order valence-electron chi connectivity index (χ0n) is 8.92. The van der Waals surface area contributed by atoms with Gasteiger partial charge in [-0.05, 0) is 31.6 Å². The van der Waals surface area contributed by atoms with Crippen LogP contribution in [0.4, 0.5) is 0 Å². The smallest absolute Gasteiger partial charge is 0.0663 e. The summed E-state index contributed by atoms with van der Waals surface area (Å²) in [7, 11) is 0. The van der Waals surface area contributed by atoms with E-state index in [-0.39, 0.29) is 0 Å². The van der Waals surface area contributed by atoms with Crippen LogP contribution in [0, 0.1) is 17.8 Å². The fourth-order valence-electron chi connectivity index (χ4n) is 2.69. The Morgan fingerprint density at radius 3 is 2.92 bits per heavy atom. The number of hydrogen-bond donors (Lipinski definition) is 0. The van der Waals surface area contributed by atoms with Gasteiger partial charge in [0.15, 0.2) is 0 Å². The molecule has 0 unspecified atom stereocenters. The summed E-state index contributed by atoms with van der Waals surface area (Å²) < 4.78 is 5.94. The molecule has 0 amide bonds. The molecule has 1 fully saturated rings. The third kappa shape index (κ3) is 1.67. The quantitative estimate of drug-likeness (QED) is 0.564. The van der Waals surface area contributed by atoms with Gasteiger partial charge in [0, 0.05) is 5.92 Å². The number of rotatable bonds is 1. The van der Waals surface area contributed by atoms with Gasteiger partial charge in [-0.1, -0.05) is 25.5 Å². The highest BCUT2D eigenvalue weighted by atomic mass is 16.5. The van der Waals surface area contributed by atoms with Crippen molar-refractivity contribution >= 4 is 0 Å². The number of fused-ring (bicyclic) bond motifs is 2. The second-order valence-corrected chi connectivity index (χ2v) is 4.93. The minimum atomic E-state index is 0.479. The second-order valence-electron chi connectivity index (χ2n) is 4.93. The molecule has 1 heteroatoms. The first-order valence-corrected chi connectivity index (χ1v) is 5.46. The van der Waals surface area contributed by atoms with Gasteiger partial charge in [0.05, 0.1) is 12.7 Å². The van der Waals surface area contributed by atoms with Crippen molar-refractivity contribution in [1.82, 2.24) is 0 Å². The molecule has 0 N–H and O–H groups in total. The third-order valence-electron chi connectivity index (χ3n) is 3.52. The van der Waals surface area contributed by atoms with E-state index in [1.54, 1.807) is 5.57 Å². The summed E-state index contributed by atoms with van der Waals surface area (Å²) in [5.74, 6) is 2.18. The van der Waals surface area contributed by atoms with Crippen molar-refractivity contribution in [1.29, 1.82) is 0 Å². The van der Waals surface area contributed by atoms with E-state index in [0.29, 0.717) is 17.9 Å². The maximum absolute atomic E-state index is 5.94. The van der Waals surface area contributed by atoms with E-state index in [2.05, 4.69) is 26.8 Å². The molecule has 2 bridgehead atoms. The highest BCUT2D eigenvalue weighted by Gasteiger charge is 2.35. The molecular weight excluding hydrogens is 160 g/mol. The van der Waals surface area contributed by atoms with Crippen molar-refractivity contribution in [3.05, 3.63) is 11.6 Å². The topological polar surface area (TPSA) is 9.23 Å². The molecule has 1 heterocycles. The molecule has 1 saturated heterocycles. The molecule has 2 aliphatic rings. The van der Waals surface area contributed by atoms with Crippen LogP contribution in [-0.2, 0) is 4.74 Å². The molecule has 0 aromatic heterocycles. The Morgan fingerprint density at radius 1 is 1.46 bits per heavy atom. The van der Waals surface area contributed by atoms with Crippen LogP contribution in [0.3, 0.4) is 0 Å². The Morgan fingerprint density at radius 2 is 2.23 bits per heavy atom. The van der Waals surface area contributed by atoms with Crippen LogP contribution in [0.1, 0.15) is 33.6 Å². The summed E-state index contributed by atoms with van der Waals surface area (Å²) in [5.41, 5.74) is 1.56. The van der Waals surface area contributed by atoms with Gasteiger partial charge in [0.25, 0.3) is 0 Å². The average molecular weight is 180 g/mol. The van der Waals surface area contributed by atoms with Crippen molar-refractivity contribution in [3.63, 3.8) is 0 Å². The number of hydrogen-bond acceptors (Lipinski definition) is 1. The molecule has 3 atom stereocenters. The largest absolute Gasteiger partial charge is 0.377 e. The van der Waals surface area contributed by atoms with Gasteiger partial charge in [-0.3, -0.25) is 0 Å². The lowest BCUT2D eigenvalue weighted by atomic mass is 9.74.